The molecule has 0 unspecified atom stereocenters. The summed E-state index contributed by atoms with van der Waals surface area (Å²) in [6.45, 7) is 1.98. The van der Waals surface area contributed by atoms with Gasteiger partial charge in [-0.05, 0) is 37.5 Å². The van der Waals surface area contributed by atoms with E-state index in [-0.39, 0.29) is 5.78 Å². The van der Waals surface area contributed by atoms with Crippen molar-refractivity contribution in [1.82, 2.24) is 19.7 Å². The van der Waals surface area contributed by atoms with Crippen molar-refractivity contribution in [3.63, 3.8) is 0 Å². The molecule has 0 saturated carbocycles. The number of H-pyrrole nitrogens is 1. The number of carbonyl (C=O) groups is 1. The number of anilines is 1. The molecule has 0 amide bonds. The Labute approximate surface area is 179 Å². The summed E-state index contributed by atoms with van der Waals surface area (Å²) in [5.74, 6) is 1.26. The Kier molecular flexibility index (Phi) is 5.27. The van der Waals surface area contributed by atoms with Crippen LogP contribution in [0.4, 0.5) is 5.95 Å². The highest BCUT2D eigenvalue weighted by molar-refractivity contribution is 7.99. The lowest BCUT2D eigenvalue weighted by atomic mass is 10.1. The number of Topliss-reactive ketones (excluding diaryl/α,β-unsaturated/α-hetero) is 1. The molecule has 0 atom stereocenters. The molecule has 30 heavy (non-hydrogen) atoms. The van der Waals surface area contributed by atoms with Crippen LogP contribution in [0, 0.1) is 0 Å². The minimum atomic E-state index is 0.0829. The van der Waals surface area contributed by atoms with Crippen LogP contribution in [0.25, 0.3) is 16.6 Å². The maximum Gasteiger partial charge on any atom is 0.232 e. The number of hydrogen-bond donors (Lipinski definition) is 1. The van der Waals surface area contributed by atoms with Gasteiger partial charge in [-0.1, -0.05) is 48.2 Å². The van der Waals surface area contributed by atoms with Gasteiger partial charge in [0.05, 0.1) is 11.4 Å². The summed E-state index contributed by atoms with van der Waals surface area (Å²) >= 11 is 1.44. The molecule has 1 saturated heterocycles. The molecule has 1 N–H and O–H groups in total. The molecular weight excluding hydrogens is 394 g/mol. The van der Waals surface area contributed by atoms with Gasteiger partial charge < -0.3 is 9.88 Å². The normalized spacial score (nSPS) is 14.3. The predicted octanol–water partition coefficient (Wildman–Crippen LogP) is 4.71. The third-order valence-electron chi connectivity index (χ3n) is 5.49. The van der Waals surface area contributed by atoms with Crippen LogP contribution in [0.2, 0.25) is 0 Å². The van der Waals surface area contributed by atoms with Crippen LogP contribution in [0.15, 0.2) is 66.0 Å². The van der Waals surface area contributed by atoms with Gasteiger partial charge in [0.1, 0.15) is 0 Å². The molecule has 1 aliphatic rings. The van der Waals surface area contributed by atoms with Crippen LogP contribution in [-0.2, 0) is 0 Å². The number of rotatable bonds is 6. The van der Waals surface area contributed by atoms with Crippen molar-refractivity contribution in [1.29, 1.82) is 0 Å². The van der Waals surface area contributed by atoms with E-state index >= 15 is 0 Å². The predicted molar refractivity (Wildman–Crippen MR) is 121 cm³/mol. The zero-order valence-electron chi connectivity index (χ0n) is 16.6. The van der Waals surface area contributed by atoms with E-state index in [1.165, 1.54) is 31.0 Å². The topological polar surface area (TPSA) is 66.8 Å². The number of aromatic amines is 1. The van der Waals surface area contributed by atoms with Gasteiger partial charge in [0, 0.05) is 35.8 Å². The van der Waals surface area contributed by atoms with Gasteiger partial charge in [-0.15, -0.1) is 10.2 Å². The number of para-hydroxylation sites is 2. The molecule has 0 spiro atoms. The fourth-order valence-corrected chi connectivity index (χ4v) is 4.80. The summed E-state index contributed by atoms with van der Waals surface area (Å²) in [5.41, 5.74) is 2.72. The lowest BCUT2D eigenvalue weighted by Crippen LogP contribution is -2.31. The molecule has 2 aromatic carbocycles. The van der Waals surface area contributed by atoms with Crippen LogP contribution in [-0.4, -0.2) is 44.4 Å². The lowest BCUT2D eigenvalue weighted by molar-refractivity contribution is 0.102. The van der Waals surface area contributed by atoms with Gasteiger partial charge in [0.25, 0.3) is 0 Å². The third-order valence-corrected chi connectivity index (χ3v) is 6.42. The van der Waals surface area contributed by atoms with Crippen molar-refractivity contribution in [2.24, 2.45) is 0 Å². The molecule has 3 heterocycles. The summed E-state index contributed by atoms with van der Waals surface area (Å²) in [6, 6.07) is 18.0. The summed E-state index contributed by atoms with van der Waals surface area (Å²) in [5, 5.41) is 10.7. The van der Waals surface area contributed by atoms with Crippen molar-refractivity contribution in [3.05, 3.63) is 66.4 Å². The van der Waals surface area contributed by atoms with E-state index < -0.39 is 0 Å². The fraction of sp³-hybridized carbons (Fsp3) is 0.261. The van der Waals surface area contributed by atoms with Gasteiger partial charge in [-0.25, -0.2) is 0 Å². The van der Waals surface area contributed by atoms with Crippen molar-refractivity contribution < 1.29 is 4.79 Å². The highest BCUT2D eigenvalue weighted by Gasteiger charge is 2.22. The molecule has 0 radical (unpaired) electrons. The first-order valence-electron chi connectivity index (χ1n) is 10.3. The SMILES string of the molecule is O=C(CSc1nnc(N2CCCCC2)n1-c1ccccc1)c1c[nH]c2ccccc12. The summed E-state index contributed by atoms with van der Waals surface area (Å²) in [4.78, 5) is 18.4. The highest BCUT2D eigenvalue weighted by Crippen LogP contribution is 2.29. The fourth-order valence-electron chi connectivity index (χ4n) is 3.97. The Morgan fingerprint density at radius 2 is 1.73 bits per heavy atom. The number of ketones is 1. The second-order valence-electron chi connectivity index (χ2n) is 7.46. The van der Waals surface area contributed by atoms with Gasteiger partial charge >= 0.3 is 0 Å². The molecule has 5 rings (SSSR count). The smallest absolute Gasteiger partial charge is 0.232 e. The number of hydrogen-bond acceptors (Lipinski definition) is 5. The second-order valence-corrected chi connectivity index (χ2v) is 8.40. The van der Waals surface area contributed by atoms with Crippen molar-refractivity contribution in [2.45, 2.75) is 24.4 Å². The number of piperidine rings is 1. The van der Waals surface area contributed by atoms with Gasteiger partial charge in [-0.2, -0.15) is 0 Å². The van der Waals surface area contributed by atoms with E-state index in [9.17, 15) is 4.79 Å². The van der Waals surface area contributed by atoms with Crippen LogP contribution in [0.3, 0.4) is 0 Å². The number of nitrogens with one attached hydrogen (secondary N) is 1. The summed E-state index contributed by atoms with van der Waals surface area (Å²) in [6.07, 6.45) is 5.40. The zero-order chi connectivity index (χ0) is 20.3. The van der Waals surface area contributed by atoms with E-state index in [4.69, 9.17) is 0 Å². The molecule has 4 aromatic rings. The molecule has 2 aromatic heterocycles. The monoisotopic (exact) mass is 417 g/mol. The molecule has 0 aliphatic carbocycles. The number of carbonyl (C=O) groups excluding carboxylic acids is 1. The zero-order valence-corrected chi connectivity index (χ0v) is 17.4. The molecule has 0 bridgehead atoms. The number of aromatic nitrogens is 4. The number of benzene rings is 2. The molecule has 7 heteroatoms. The van der Waals surface area contributed by atoms with Crippen LogP contribution in [0.1, 0.15) is 29.6 Å². The van der Waals surface area contributed by atoms with Crippen molar-refractivity contribution >= 4 is 34.4 Å². The Hall–Kier alpha value is -3.06. The lowest BCUT2D eigenvalue weighted by Gasteiger charge is -2.27. The molecular formula is C23H23N5OS. The molecule has 1 fully saturated rings. The number of nitrogens with zero attached hydrogens (tertiary/aromatic N) is 4. The van der Waals surface area contributed by atoms with Crippen molar-refractivity contribution in [3.8, 4) is 5.69 Å². The Balaban J connectivity index is 1.42. The Morgan fingerprint density at radius 1 is 0.967 bits per heavy atom. The van der Waals surface area contributed by atoms with Crippen molar-refractivity contribution in [2.75, 3.05) is 23.7 Å². The molecule has 6 nitrogen and oxygen atoms in total. The first kappa shape index (κ1) is 18.9. The Bertz CT molecular complexity index is 1160. The van der Waals surface area contributed by atoms with Gasteiger partial charge in [-0.3, -0.25) is 9.36 Å². The van der Waals surface area contributed by atoms with Gasteiger partial charge in [0.2, 0.25) is 5.95 Å². The minimum absolute atomic E-state index is 0.0829. The first-order valence-corrected chi connectivity index (χ1v) is 11.3. The first-order chi connectivity index (χ1) is 14.8. The Morgan fingerprint density at radius 3 is 2.57 bits per heavy atom. The average molecular weight is 418 g/mol. The average Bonchev–Trinajstić information content (AvgIpc) is 3.43. The van der Waals surface area contributed by atoms with Gasteiger partial charge in [0.15, 0.2) is 10.9 Å². The van der Waals surface area contributed by atoms with E-state index in [1.54, 1.807) is 6.20 Å². The minimum Gasteiger partial charge on any atom is -0.360 e. The van der Waals surface area contributed by atoms with E-state index in [0.29, 0.717) is 5.75 Å². The second kappa shape index (κ2) is 8.36. The standard InChI is InChI=1S/C23H23N5OS/c29-21(19-15-24-20-12-6-5-11-18(19)20)16-30-23-26-25-22(27-13-7-2-8-14-27)28(23)17-9-3-1-4-10-17/h1,3-6,9-12,15,24H,2,7-8,13-14,16H2. The largest absolute Gasteiger partial charge is 0.360 e. The number of fused-ring (bicyclic) bond motifs is 1. The maximum atomic E-state index is 12.9. The quantitative estimate of drug-likeness (QED) is 0.363. The van der Waals surface area contributed by atoms with Crippen LogP contribution >= 0.6 is 11.8 Å². The van der Waals surface area contributed by atoms with E-state index in [0.717, 1.165) is 46.3 Å². The third kappa shape index (κ3) is 3.61. The number of thioether (sulfide) groups is 1. The van der Waals surface area contributed by atoms with E-state index in [2.05, 4.69) is 36.8 Å². The maximum absolute atomic E-state index is 12.9. The highest BCUT2D eigenvalue weighted by atomic mass is 32.2. The van der Waals surface area contributed by atoms with Crippen LogP contribution in [0.5, 0.6) is 0 Å². The summed E-state index contributed by atoms with van der Waals surface area (Å²) < 4.78 is 2.08. The van der Waals surface area contributed by atoms with E-state index in [1.807, 2.05) is 42.5 Å². The molecule has 152 valence electrons. The summed E-state index contributed by atoms with van der Waals surface area (Å²) in [7, 11) is 0. The molecule has 1 aliphatic heterocycles. The van der Waals surface area contributed by atoms with Crippen LogP contribution < -0.4 is 4.90 Å².